The second kappa shape index (κ2) is 4.66. The third kappa shape index (κ3) is 2.21. The van der Waals surface area contributed by atoms with E-state index in [1.165, 1.54) is 5.56 Å². The highest BCUT2D eigenvalue weighted by Gasteiger charge is 2.09. The highest BCUT2D eigenvalue weighted by molar-refractivity contribution is 9.10. The summed E-state index contributed by atoms with van der Waals surface area (Å²) in [4.78, 5) is 4.29. The zero-order valence-electron chi connectivity index (χ0n) is 10.6. The number of methoxy groups -OCH3 is 1. The van der Waals surface area contributed by atoms with E-state index >= 15 is 0 Å². The number of ether oxygens (including phenoxy) is 1. The Kier molecular flexibility index (Phi) is 2.98. The molecule has 0 aliphatic carbocycles. The fourth-order valence-electron chi connectivity index (χ4n) is 2.02. The summed E-state index contributed by atoms with van der Waals surface area (Å²) >= 11 is 3.35. The topological polar surface area (TPSA) is 39.4 Å². The van der Waals surface area contributed by atoms with Gasteiger partial charge in [0.25, 0.3) is 0 Å². The number of halogens is 1. The van der Waals surface area contributed by atoms with Gasteiger partial charge in [-0.05, 0) is 47.1 Å². The molecule has 0 radical (unpaired) electrons. The Hall–Kier alpha value is -1.88. The summed E-state index contributed by atoms with van der Waals surface area (Å²) in [5.41, 5.74) is 3.82. The van der Waals surface area contributed by atoms with Crippen molar-refractivity contribution in [2.45, 2.75) is 6.92 Å². The van der Waals surface area contributed by atoms with Crippen LogP contribution < -0.4 is 4.74 Å². The number of rotatable bonds is 2. The van der Waals surface area contributed by atoms with E-state index in [0.29, 0.717) is 0 Å². The average molecular weight is 318 g/mol. The van der Waals surface area contributed by atoms with Crippen LogP contribution in [0.25, 0.3) is 16.9 Å². The number of fused-ring (bicyclic) bond motifs is 1. The summed E-state index contributed by atoms with van der Waals surface area (Å²) in [5.74, 6) is 0.816. The molecule has 0 fully saturated rings. The smallest absolute Gasteiger partial charge is 0.154 e. The highest BCUT2D eigenvalue weighted by atomic mass is 79.9. The summed E-state index contributed by atoms with van der Waals surface area (Å²) in [6.45, 7) is 2.05. The monoisotopic (exact) mass is 317 g/mol. The van der Waals surface area contributed by atoms with Gasteiger partial charge in [-0.2, -0.15) is 5.10 Å². The third-order valence-electron chi connectivity index (χ3n) is 2.92. The molecule has 0 aliphatic rings. The van der Waals surface area contributed by atoms with Crippen LogP contribution in [0, 0.1) is 6.92 Å². The molecule has 96 valence electrons. The van der Waals surface area contributed by atoms with Crippen LogP contribution in [0.2, 0.25) is 0 Å². The summed E-state index contributed by atoms with van der Waals surface area (Å²) in [6, 6.07) is 9.94. The largest absolute Gasteiger partial charge is 0.496 e. The maximum Gasteiger partial charge on any atom is 0.154 e. The lowest BCUT2D eigenvalue weighted by Crippen LogP contribution is -1.95. The second-order valence-electron chi connectivity index (χ2n) is 4.29. The van der Waals surface area contributed by atoms with Gasteiger partial charge in [-0.25, -0.2) is 9.50 Å². The standard InChI is InChI=1S/C14H12BrN3O/c1-9-3-5-12(19-2)10(7-9)11-4-6-14-16-13(15)8-18(14)17-11/h3-8H,1-2H3. The Morgan fingerprint density at radius 1 is 1.21 bits per heavy atom. The van der Waals surface area contributed by atoms with Crippen LogP contribution in [0.5, 0.6) is 5.75 Å². The zero-order valence-corrected chi connectivity index (χ0v) is 12.2. The van der Waals surface area contributed by atoms with Crippen molar-refractivity contribution < 1.29 is 4.74 Å². The lowest BCUT2D eigenvalue weighted by Gasteiger charge is -2.09. The molecule has 0 saturated carbocycles. The first-order valence-electron chi connectivity index (χ1n) is 5.84. The van der Waals surface area contributed by atoms with Crippen LogP contribution in [0.1, 0.15) is 5.56 Å². The Morgan fingerprint density at radius 2 is 2.05 bits per heavy atom. The molecule has 1 aromatic carbocycles. The summed E-state index contributed by atoms with van der Waals surface area (Å²) in [6.07, 6.45) is 1.83. The minimum Gasteiger partial charge on any atom is -0.496 e. The molecule has 0 N–H and O–H groups in total. The van der Waals surface area contributed by atoms with Gasteiger partial charge in [-0.1, -0.05) is 11.6 Å². The first kappa shape index (κ1) is 12.2. The van der Waals surface area contributed by atoms with E-state index in [-0.39, 0.29) is 0 Å². The minimum absolute atomic E-state index is 0.772. The van der Waals surface area contributed by atoms with Crippen molar-refractivity contribution in [2.75, 3.05) is 7.11 Å². The van der Waals surface area contributed by atoms with Gasteiger partial charge in [0.1, 0.15) is 10.4 Å². The van der Waals surface area contributed by atoms with Gasteiger partial charge in [0.2, 0.25) is 0 Å². The molecule has 5 heteroatoms. The molecule has 0 saturated heterocycles. The van der Waals surface area contributed by atoms with Crippen molar-refractivity contribution in [1.82, 2.24) is 14.6 Å². The SMILES string of the molecule is COc1ccc(C)cc1-c1ccc2nc(Br)cn2n1. The molecule has 0 spiro atoms. The lowest BCUT2D eigenvalue weighted by molar-refractivity contribution is 0.416. The van der Waals surface area contributed by atoms with E-state index in [1.54, 1.807) is 11.6 Å². The maximum absolute atomic E-state index is 5.40. The summed E-state index contributed by atoms with van der Waals surface area (Å²) in [7, 11) is 1.67. The molecule has 3 aromatic rings. The van der Waals surface area contributed by atoms with Crippen molar-refractivity contribution in [1.29, 1.82) is 0 Å². The van der Waals surface area contributed by atoms with Gasteiger partial charge < -0.3 is 4.74 Å². The van der Waals surface area contributed by atoms with Crippen molar-refractivity contribution in [3.05, 3.63) is 46.7 Å². The molecular formula is C14H12BrN3O. The molecule has 0 aliphatic heterocycles. The quantitative estimate of drug-likeness (QED) is 0.726. The molecule has 0 bridgehead atoms. The molecule has 0 unspecified atom stereocenters. The molecule has 19 heavy (non-hydrogen) atoms. The van der Waals surface area contributed by atoms with Crippen LogP contribution in [0.15, 0.2) is 41.1 Å². The van der Waals surface area contributed by atoms with E-state index in [1.807, 2.05) is 30.5 Å². The molecule has 0 amide bonds. The molecule has 0 atom stereocenters. The third-order valence-corrected chi connectivity index (χ3v) is 3.30. The van der Waals surface area contributed by atoms with Crippen LogP contribution >= 0.6 is 15.9 Å². The van der Waals surface area contributed by atoms with Crippen LogP contribution in [0.3, 0.4) is 0 Å². The Morgan fingerprint density at radius 3 is 2.84 bits per heavy atom. The highest BCUT2D eigenvalue weighted by Crippen LogP contribution is 2.29. The molecule has 4 nitrogen and oxygen atoms in total. The normalized spacial score (nSPS) is 10.9. The van der Waals surface area contributed by atoms with Gasteiger partial charge in [0.15, 0.2) is 5.65 Å². The predicted molar refractivity (Wildman–Crippen MR) is 77.4 cm³/mol. The fourth-order valence-corrected chi connectivity index (χ4v) is 2.39. The van der Waals surface area contributed by atoms with Crippen molar-refractivity contribution in [3.8, 4) is 17.0 Å². The number of imidazole rings is 1. The number of hydrogen-bond acceptors (Lipinski definition) is 3. The van der Waals surface area contributed by atoms with Crippen LogP contribution in [0.4, 0.5) is 0 Å². The second-order valence-corrected chi connectivity index (χ2v) is 5.10. The Balaban J connectivity index is 2.20. The Labute approximate surface area is 119 Å². The van der Waals surface area contributed by atoms with E-state index < -0.39 is 0 Å². The van der Waals surface area contributed by atoms with Gasteiger partial charge >= 0.3 is 0 Å². The molecule has 2 aromatic heterocycles. The molecular weight excluding hydrogens is 306 g/mol. The average Bonchev–Trinajstić information content (AvgIpc) is 2.77. The van der Waals surface area contributed by atoms with Crippen LogP contribution in [-0.2, 0) is 0 Å². The number of aromatic nitrogens is 3. The van der Waals surface area contributed by atoms with Crippen molar-refractivity contribution >= 4 is 21.6 Å². The van der Waals surface area contributed by atoms with Crippen LogP contribution in [-0.4, -0.2) is 21.7 Å². The lowest BCUT2D eigenvalue weighted by atomic mass is 10.1. The predicted octanol–water partition coefficient (Wildman–Crippen LogP) is 3.48. The Bertz CT molecular complexity index is 752. The number of hydrogen-bond donors (Lipinski definition) is 0. The summed E-state index contributed by atoms with van der Waals surface area (Å²) in [5, 5.41) is 4.56. The van der Waals surface area contributed by atoms with E-state index in [4.69, 9.17) is 4.74 Å². The minimum atomic E-state index is 0.772. The molecule has 2 heterocycles. The van der Waals surface area contributed by atoms with Crippen molar-refractivity contribution in [3.63, 3.8) is 0 Å². The first-order chi connectivity index (χ1) is 9.17. The van der Waals surface area contributed by atoms with Crippen molar-refractivity contribution in [2.24, 2.45) is 0 Å². The number of nitrogens with zero attached hydrogens (tertiary/aromatic N) is 3. The summed E-state index contributed by atoms with van der Waals surface area (Å²) < 4.78 is 7.92. The van der Waals surface area contributed by atoms with E-state index in [2.05, 4.69) is 39.0 Å². The van der Waals surface area contributed by atoms with Gasteiger partial charge in [-0.15, -0.1) is 0 Å². The van der Waals surface area contributed by atoms with E-state index in [9.17, 15) is 0 Å². The van der Waals surface area contributed by atoms with E-state index in [0.717, 1.165) is 27.3 Å². The maximum atomic E-state index is 5.40. The number of benzene rings is 1. The fraction of sp³-hybridized carbons (Fsp3) is 0.143. The molecule has 3 rings (SSSR count). The first-order valence-corrected chi connectivity index (χ1v) is 6.63. The zero-order chi connectivity index (χ0) is 13.4. The van der Waals surface area contributed by atoms with Gasteiger partial charge in [-0.3, -0.25) is 0 Å². The van der Waals surface area contributed by atoms with Gasteiger partial charge in [0.05, 0.1) is 19.0 Å². The van der Waals surface area contributed by atoms with Gasteiger partial charge in [0, 0.05) is 5.56 Å². The number of aryl methyl sites for hydroxylation is 1.